The summed E-state index contributed by atoms with van der Waals surface area (Å²) in [6.07, 6.45) is 0. The standard InChI is InChI=1S/C21H18FN3O6S/c1-2-31-21(28)16-8-3-4-9-17(16)23-18(26)13-25-20(27)11-10-19(24-25)32(29,30)15-7-5-6-14(22)12-15/h3-12H,2,13H2,1H3,(H,23,26). The fourth-order valence-corrected chi connectivity index (χ4v) is 3.97. The Bertz CT molecular complexity index is 1340. The third-order valence-corrected chi connectivity index (χ3v) is 5.86. The molecule has 0 aliphatic rings. The number of ether oxygens (including phenoxy) is 1. The largest absolute Gasteiger partial charge is 0.462 e. The summed E-state index contributed by atoms with van der Waals surface area (Å²) in [4.78, 5) is 36.3. The molecule has 0 spiro atoms. The number of sulfone groups is 1. The monoisotopic (exact) mass is 459 g/mol. The first-order chi connectivity index (χ1) is 15.2. The molecule has 3 aromatic rings. The summed E-state index contributed by atoms with van der Waals surface area (Å²) in [5.41, 5.74) is -0.449. The lowest BCUT2D eigenvalue weighted by Gasteiger charge is -2.11. The molecule has 0 saturated carbocycles. The molecule has 1 amide bonds. The van der Waals surface area contributed by atoms with Gasteiger partial charge in [-0.3, -0.25) is 9.59 Å². The zero-order valence-corrected chi connectivity index (χ0v) is 17.6. The summed E-state index contributed by atoms with van der Waals surface area (Å²) >= 11 is 0. The van der Waals surface area contributed by atoms with Crippen molar-refractivity contribution < 1.29 is 27.1 Å². The van der Waals surface area contributed by atoms with E-state index in [2.05, 4.69) is 10.4 Å². The van der Waals surface area contributed by atoms with Gasteiger partial charge in [0.15, 0.2) is 5.03 Å². The van der Waals surface area contributed by atoms with Crippen LogP contribution in [-0.2, 0) is 25.9 Å². The Hall–Kier alpha value is -3.86. The minimum atomic E-state index is -4.22. The first kappa shape index (κ1) is 22.8. The highest BCUT2D eigenvalue weighted by molar-refractivity contribution is 7.91. The molecule has 0 unspecified atom stereocenters. The highest BCUT2D eigenvalue weighted by atomic mass is 32.2. The molecule has 166 valence electrons. The van der Waals surface area contributed by atoms with Crippen LogP contribution in [-0.4, -0.2) is 36.7 Å². The number of rotatable bonds is 7. The molecule has 0 saturated heterocycles. The van der Waals surface area contributed by atoms with Gasteiger partial charge in [-0.2, -0.15) is 5.10 Å². The van der Waals surface area contributed by atoms with Crippen molar-refractivity contribution >= 4 is 27.4 Å². The minimum Gasteiger partial charge on any atom is -0.462 e. The molecule has 9 nitrogen and oxygen atoms in total. The van der Waals surface area contributed by atoms with Crippen molar-refractivity contribution in [2.45, 2.75) is 23.4 Å². The summed E-state index contributed by atoms with van der Waals surface area (Å²) in [6, 6.07) is 12.4. The van der Waals surface area contributed by atoms with E-state index < -0.39 is 44.7 Å². The van der Waals surface area contributed by atoms with Crippen molar-refractivity contribution in [1.82, 2.24) is 9.78 Å². The fourth-order valence-electron chi connectivity index (χ4n) is 2.75. The van der Waals surface area contributed by atoms with Crippen molar-refractivity contribution in [3.63, 3.8) is 0 Å². The molecule has 0 radical (unpaired) electrons. The van der Waals surface area contributed by atoms with Crippen LogP contribution in [0.15, 0.2) is 75.4 Å². The number of esters is 1. The van der Waals surface area contributed by atoms with Gasteiger partial charge in [-0.15, -0.1) is 0 Å². The summed E-state index contributed by atoms with van der Waals surface area (Å²) in [5.74, 6) is -2.11. The van der Waals surface area contributed by atoms with Crippen LogP contribution < -0.4 is 10.9 Å². The molecule has 0 fully saturated rings. The quantitative estimate of drug-likeness (QED) is 0.536. The van der Waals surface area contributed by atoms with E-state index in [0.717, 1.165) is 24.3 Å². The third kappa shape index (κ3) is 5.06. The van der Waals surface area contributed by atoms with Crippen LogP contribution in [0.5, 0.6) is 0 Å². The van der Waals surface area contributed by atoms with Gasteiger partial charge in [-0.1, -0.05) is 18.2 Å². The van der Waals surface area contributed by atoms with Crippen molar-refractivity contribution in [2.75, 3.05) is 11.9 Å². The van der Waals surface area contributed by atoms with Crippen LogP contribution in [0.25, 0.3) is 0 Å². The van der Waals surface area contributed by atoms with Gasteiger partial charge >= 0.3 is 5.97 Å². The van der Waals surface area contributed by atoms with Crippen molar-refractivity contribution in [3.05, 3.63) is 82.4 Å². The molecule has 11 heteroatoms. The molecule has 2 aromatic carbocycles. The van der Waals surface area contributed by atoms with Gasteiger partial charge in [0.1, 0.15) is 12.4 Å². The normalized spacial score (nSPS) is 11.1. The van der Waals surface area contributed by atoms with Gasteiger partial charge in [0.05, 0.1) is 22.8 Å². The van der Waals surface area contributed by atoms with Crippen molar-refractivity contribution in [3.8, 4) is 0 Å². The van der Waals surface area contributed by atoms with E-state index in [0.29, 0.717) is 4.68 Å². The molecule has 0 aliphatic carbocycles. The second kappa shape index (κ2) is 9.52. The van der Waals surface area contributed by atoms with Crippen LogP contribution in [0, 0.1) is 5.82 Å². The number of anilines is 1. The second-order valence-corrected chi connectivity index (χ2v) is 8.34. The third-order valence-electron chi connectivity index (χ3n) is 4.21. The smallest absolute Gasteiger partial charge is 0.340 e. The zero-order valence-electron chi connectivity index (χ0n) is 16.8. The number of aromatic nitrogens is 2. The number of para-hydroxylation sites is 1. The first-order valence-corrected chi connectivity index (χ1v) is 10.9. The maximum absolute atomic E-state index is 13.4. The number of carbonyl (C=O) groups excluding carboxylic acids is 2. The molecule has 0 bridgehead atoms. The Morgan fingerprint density at radius 3 is 2.56 bits per heavy atom. The number of hydrogen-bond donors (Lipinski definition) is 1. The molecule has 0 aliphatic heterocycles. The fraction of sp³-hybridized carbons (Fsp3) is 0.143. The highest BCUT2D eigenvalue weighted by Crippen LogP contribution is 2.19. The SMILES string of the molecule is CCOC(=O)c1ccccc1NC(=O)Cn1nc(S(=O)(=O)c2cccc(F)c2)ccc1=O. The van der Waals surface area contributed by atoms with Crippen LogP contribution in [0.3, 0.4) is 0 Å². The summed E-state index contributed by atoms with van der Waals surface area (Å²) < 4.78 is 44.5. The predicted molar refractivity (Wildman–Crippen MR) is 111 cm³/mol. The van der Waals surface area contributed by atoms with Gasteiger partial charge in [-0.05, 0) is 43.3 Å². The molecule has 1 N–H and O–H groups in total. The molecule has 0 atom stereocenters. The van der Waals surface area contributed by atoms with Crippen LogP contribution in [0.1, 0.15) is 17.3 Å². The number of hydrogen-bond acceptors (Lipinski definition) is 7. The Morgan fingerprint density at radius 2 is 1.84 bits per heavy atom. The summed E-state index contributed by atoms with van der Waals surface area (Å²) in [6.45, 7) is 1.16. The highest BCUT2D eigenvalue weighted by Gasteiger charge is 2.22. The number of carbonyl (C=O) groups is 2. The first-order valence-electron chi connectivity index (χ1n) is 9.37. The molecule has 1 heterocycles. The van der Waals surface area contributed by atoms with E-state index in [1.54, 1.807) is 19.1 Å². The maximum atomic E-state index is 13.4. The average molecular weight is 459 g/mol. The van der Waals surface area contributed by atoms with Crippen LogP contribution >= 0.6 is 0 Å². The molecular weight excluding hydrogens is 441 g/mol. The topological polar surface area (TPSA) is 124 Å². The molecule has 1 aromatic heterocycles. The Kier molecular flexibility index (Phi) is 6.79. The van der Waals surface area contributed by atoms with Gasteiger partial charge < -0.3 is 10.1 Å². The van der Waals surface area contributed by atoms with E-state index in [4.69, 9.17) is 4.74 Å². The second-order valence-electron chi connectivity index (χ2n) is 6.44. The van der Waals surface area contributed by atoms with E-state index in [-0.39, 0.29) is 22.8 Å². The van der Waals surface area contributed by atoms with Gasteiger partial charge in [-0.25, -0.2) is 22.3 Å². The van der Waals surface area contributed by atoms with E-state index >= 15 is 0 Å². The molecular formula is C21H18FN3O6S. The number of halogens is 1. The Labute approximate surface area is 182 Å². The lowest BCUT2D eigenvalue weighted by atomic mass is 10.2. The predicted octanol–water partition coefficient (Wildman–Crippen LogP) is 2.03. The number of amides is 1. The number of benzene rings is 2. The Morgan fingerprint density at radius 1 is 1.09 bits per heavy atom. The Balaban J connectivity index is 1.86. The van der Waals surface area contributed by atoms with Gasteiger partial charge in [0.2, 0.25) is 15.7 Å². The van der Waals surface area contributed by atoms with Crippen LogP contribution in [0.2, 0.25) is 0 Å². The van der Waals surface area contributed by atoms with Crippen LogP contribution in [0.4, 0.5) is 10.1 Å². The average Bonchev–Trinajstić information content (AvgIpc) is 2.75. The molecule has 3 rings (SSSR count). The van der Waals surface area contributed by atoms with Crippen molar-refractivity contribution in [1.29, 1.82) is 0 Å². The minimum absolute atomic E-state index is 0.116. The lowest BCUT2D eigenvalue weighted by molar-refractivity contribution is -0.117. The number of nitrogens with one attached hydrogen (secondary N) is 1. The summed E-state index contributed by atoms with van der Waals surface area (Å²) in [7, 11) is -4.22. The van der Waals surface area contributed by atoms with E-state index in [9.17, 15) is 27.2 Å². The van der Waals surface area contributed by atoms with Gasteiger partial charge in [0, 0.05) is 6.07 Å². The maximum Gasteiger partial charge on any atom is 0.340 e. The lowest BCUT2D eigenvalue weighted by Crippen LogP contribution is -2.30. The number of nitrogens with zero attached hydrogens (tertiary/aromatic N) is 2. The molecule has 32 heavy (non-hydrogen) atoms. The van der Waals surface area contributed by atoms with Crippen molar-refractivity contribution in [2.24, 2.45) is 0 Å². The van der Waals surface area contributed by atoms with Gasteiger partial charge in [0.25, 0.3) is 5.56 Å². The van der Waals surface area contributed by atoms with E-state index in [1.165, 1.54) is 24.3 Å². The summed E-state index contributed by atoms with van der Waals surface area (Å²) in [5, 5.41) is 5.72. The zero-order chi connectivity index (χ0) is 23.3. The van der Waals surface area contributed by atoms with E-state index in [1.807, 2.05) is 0 Å².